The largest absolute Gasteiger partial charge is 0.505 e. The van der Waals surface area contributed by atoms with Gasteiger partial charge in [0.25, 0.3) is 0 Å². The van der Waals surface area contributed by atoms with Crippen LogP contribution >= 0.6 is 23.2 Å². The van der Waals surface area contributed by atoms with Crippen LogP contribution in [0.2, 0.25) is 10.0 Å². The summed E-state index contributed by atoms with van der Waals surface area (Å²) in [6, 6.07) is 47.2. The van der Waals surface area contributed by atoms with E-state index < -0.39 is 0 Å². The number of ether oxygens (including phenoxy) is 2. The highest BCUT2D eigenvalue weighted by Crippen LogP contribution is 2.50. The number of aryl methyl sites for hydroxylation is 1. The molecule has 0 aliphatic rings. The smallest absolute Gasteiger partial charge is 0.147 e. The number of hydrogen-bond donors (Lipinski definition) is 2. The molecule has 6 nitrogen and oxygen atoms in total. The SMILES string of the molecule is CCCC(C)CC(C)(C)c1cc(-c2cc(Cl)ccc2OCCCOc2ccc(Cl)cc2-c2cc(C(C)(C)CC(C)(C)C)cc(-n3c4ccc(C(C)CCC)cc4c4cc(C(C)(C)C)ccc43)c2O)c(O)c(-n2c3ccc(C)cc3c3cc(C(C)(C)C)ccc32)c1. The maximum Gasteiger partial charge on any atom is 0.147 e. The molecule has 0 saturated carbocycles. The average Bonchev–Trinajstić information content (AvgIpc) is 1.56. The third-order valence-corrected chi connectivity index (χ3v) is 19.3. The van der Waals surface area contributed by atoms with Crippen LogP contribution in [-0.2, 0) is 21.7 Å². The van der Waals surface area contributed by atoms with Gasteiger partial charge < -0.3 is 28.8 Å². The minimum Gasteiger partial charge on any atom is -0.505 e. The van der Waals surface area contributed by atoms with Gasteiger partial charge in [0.2, 0.25) is 0 Å². The molecule has 0 spiro atoms. The van der Waals surface area contributed by atoms with E-state index >= 15 is 0 Å². The molecule has 8 heteroatoms. The van der Waals surface area contributed by atoms with Crippen LogP contribution in [0.4, 0.5) is 0 Å². The van der Waals surface area contributed by atoms with Crippen molar-refractivity contribution in [1.82, 2.24) is 9.13 Å². The Morgan fingerprint density at radius 1 is 0.456 bits per heavy atom. The van der Waals surface area contributed by atoms with Gasteiger partial charge in [0, 0.05) is 60.3 Å². The summed E-state index contributed by atoms with van der Waals surface area (Å²) in [7, 11) is 0. The zero-order valence-corrected chi connectivity index (χ0v) is 58.6. The molecule has 2 unspecified atom stereocenters. The van der Waals surface area contributed by atoms with Crippen LogP contribution in [0.3, 0.4) is 0 Å². The number of fused-ring (bicyclic) bond motifs is 6. The van der Waals surface area contributed by atoms with E-state index in [1.54, 1.807) is 0 Å². The van der Waals surface area contributed by atoms with Crippen molar-refractivity contribution in [2.24, 2.45) is 11.3 Å². The summed E-state index contributed by atoms with van der Waals surface area (Å²) in [5.41, 5.74) is 14.9. The first-order chi connectivity index (χ1) is 42.3. The predicted molar refractivity (Wildman–Crippen MR) is 386 cm³/mol. The molecular weight excluding hydrogens is 1150 g/mol. The predicted octanol–water partition coefficient (Wildman–Crippen LogP) is 24.4. The van der Waals surface area contributed by atoms with Crippen molar-refractivity contribution >= 4 is 66.8 Å². The molecule has 2 heterocycles. The lowest BCUT2D eigenvalue weighted by atomic mass is 9.71. The number of nitrogens with zero attached hydrogens (tertiary/aromatic N) is 2. The van der Waals surface area contributed by atoms with Crippen LogP contribution in [0.5, 0.6) is 23.0 Å². The standard InChI is InChI=1S/C82H98Cl2N2O4/c1-19-22-51(4)48-81(15,16)56-42-66(76(87)72(44-56)85-68-30-24-50(3)38-60(68)62-40-54(79(9,10)11)26-32-70(62)85)64-46-58(83)28-34-74(64)89-36-21-37-90-75-35-29-59(84)47-65(75)67-43-57(82(17,18)49-78(6,7)8)45-73(77(67)88)86-69-31-25-53(52(5)23-20-2)39-61(69)63-41-55(80(12,13)14)27-33-71(63)86/h24-35,38-47,51-52,87-88H,19-23,36-37,48-49H2,1-18H3. The molecule has 0 bridgehead atoms. The highest BCUT2D eigenvalue weighted by Gasteiger charge is 2.33. The Labute approximate surface area is 547 Å². The Balaban J connectivity index is 1.02. The van der Waals surface area contributed by atoms with Gasteiger partial charge in [0.15, 0.2) is 0 Å². The summed E-state index contributed by atoms with van der Waals surface area (Å²) < 4.78 is 18.1. The fourth-order valence-electron chi connectivity index (χ4n) is 14.4. The van der Waals surface area contributed by atoms with E-state index in [1.807, 2.05) is 36.4 Å². The fraction of sp³-hybridized carbons (Fsp3) is 0.415. The molecule has 474 valence electrons. The van der Waals surface area contributed by atoms with Crippen LogP contribution in [0.1, 0.15) is 202 Å². The van der Waals surface area contributed by atoms with Crippen molar-refractivity contribution in [1.29, 1.82) is 0 Å². The Hall–Kier alpha value is -6.86. The average molecular weight is 1250 g/mol. The third kappa shape index (κ3) is 13.5. The summed E-state index contributed by atoms with van der Waals surface area (Å²) in [5.74, 6) is 2.41. The number of benzene rings is 8. The van der Waals surface area contributed by atoms with E-state index in [0.717, 1.165) is 82.5 Å². The van der Waals surface area contributed by atoms with Crippen molar-refractivity contribution in [2.45, 2.75) is 197 Å². The van der Waals surface area contributed by atoms with Crippen molar-refractivity contribution in [3.63, 3.8) is 0 Å². The molecule has 0 aliphatic carbocycles. The summed E-state index contributed by atoms with van der Waals surface area (Å²) in [5, 5.41) is 31.9. The minimum absolute atomic E-state index is 0.0173. The number of rotatable bonds is 20. The zero-order chi connectivity index (χ0) is 65.2. The first-order valence-electron chi connectivity index (χ1n) is 33.0. The van der Waals surface area contributed by atoms with E-state index in [2.05, 4.69) is 231 Å². The normalized spacial score (nSPS) is 13.5. The van der Waals surface area contributed by atoms with E-state index in [0.29, 0.717) is 86.6 Å². The van der Waals surface area contributed by atoms with E-state index in [-0.39, 0.29) is 38.6 Å². The second-order valence-corrected chi connectivity index (χ2v) is 31.7. The Bertz CT molecular complexity index is 4310. The summed E-state index contributed by atoms with van der Waals surface area (Å²) in [4.78, 5) is 0. The number of aromatic nitrogens is 2. The van der Waals surface area contributed by atoms with Crippen LogP contribution < -0.4 is 9.47 Å². The van der Waals surface area contributed by atoms with Gasteiger partial charge in [-0.1, -0.05) is 190 Å². The molecule has 2 aromatic heterocycles. The summed E-state index contributed by atoms with van der Waals surface area (Å²) in [6.07, 6.45) is 6.87. The third-order valence-electron chi connectivity index (χ3n) is 18.8. The highest BCUT2D eigenvalue weighted by atomic mass is 35.5. The van der Waals surface area contributed by atoms with Crippen LogP contribution in [0.15, 0.2) is 133 Å². The quantitative estimate of drug-likeness (QED) is 0.0746. The highest BCUT2D eigenvalue weighted by molar-refractivity contribution is 6.31. The van der Waals surface area contributed by atoms with Gasteiger partial charge in [0.1, 0.15) is 23.0 Å². The minimum atomic E-state index is -0.294. The van der Waals surface area contributed by atoms with Crippen molar-refractivity contribution in [3.8, 4) is 56.6 Å². The van der Waals surface area contributed by atoms with Crippen molar-refractivity contribution < 1.29 is 19.7 Å². The molecule has 10 aromatic rings. The summed E-state index contributed by atoms with van der Waals surface area (Å²) >= 11 is 13.9. The molecule has 2 atom stereocenters. The van der Waals surface area contributed by atoms with Crippen LogP contribution in [-0.4, -0.2) is 32.6 Å². The lowest BCUT2D eigenvalue weighted by Crippen LogP contribution is -2.25. The summed E-state index contributed by atoms with van der Waals surface area (Å²) in [6.45, 7) is 41.6. The van der Waals surface area contributed by atoms with Gasteiger partial charge in [-0.2, -0.15) is 0 Å². The maximum absolute atomic E-state index is 13.1. The lowest BCUT2D eigenvalue weighted by Gasteiger charge is -2.34. The topological polar surface area (TPSA) is 68.8 Å². The molecule has 0 radical (unpaired) electrons. The van der Waals surface area contributed by atoms with Gasteiger partial charge in [-0.3, -0.25) is 0 Å². The molecule has 2 N–H and O–H groups in total. The molecular formula is C82H98Cl2N2O4. The molecule has 8 aromatic carbocycles. The second-order valence-electron chi connectivity index (χ2n) is 30.8. The van der Waals surface area contributed by atoms with Crippen LogP contribution in [0, 0.1) is 18.3 Å². The first kappa shape index (κ1) is 66.1. The number of aromatic hydroxyl groups is 2. The zero-order valence-electron chi connectivity index (χ0n) is 57.1. The van der Waals surface area contributed by atoms with E-state index in [4.69, 9.17) is 32.7 Å². The van der Waals surface area contributed by atoms with Gasteiger partial charge in [-0.25, -0.2) is 0 Å². The lowest BCUT2D eigenvalue weighted by molar-refractivity contribution is 0.248. The first-order valence-corrected chi connectivity index (χ1v) is 33.8. The van der Waals surface area contributed by atoms with Crippen molar-refractivity contribution in [3.05, 3.63) is 177 Å². The van der Waals surface area contributed by atoms with Crippen LogP contribution in [0.25, 0.3) is 77.2 Å². The Morgan fingerprint density at radius 2 is 0.889 bits per heavy atom. The molecule has 0 aliphatic heterocycles. The molecule has 90 heavy (non-hydrogen) atoms. The van der Waals surface area contributed by atoms with E-state index in [1.165, 1.54) is 33.0 Å². The van der Waals surface area contributed by atoms with Gasteiger partial charge in [0.05, 0.1) is 46.7 Å². The molecule has 0 amide bonds. The molecule has 0 fully saturated rings. The Morgan fingerprint density at radius 3 is 1.34 bits per heavy atom. The van der Waals surface area contributed by atoms with Gasteiger partial charge in [-0.05, 0) is 202 Å². The van der Waals surface area contributed by atoms with Gasteiger partial charge >= 0.3 is 0 Å². The maximum atomic E-state index is 13.1. The second kappa shape index (κ2) is 25.3. The molecule has 0 saturated heterocycles. The van der Waals surface area contributed by atoms with Gasteiger partial charge in [-0.15, -0.1) is 0 Å². The number of phenolic OH excluding ortho intramolecular Hbond substituents is 2. The number of hydrogen-bond acceptors (Lipinski definition) is 4. The van der Waals surface area contributed by atoms with E-state index in [9.17, 15) is 10.2 Å². The number of phenols is 2. The molecule has 10 rings (SSSR count). The monoisotopic (exact) mass is 1240 g/mol. The fourth-order valence-corrected chi connectivity index (χ4v) is 14.8. The number of halogens is 2. The Kier molecular flexibility index (Phi) is 18.6. The van der Waals surface area contributed by atoms with Crippen molar-refractivity contribution in [2.75, 3.05) is 13.2 Å².